The third kappa shape index (κ3) is 12.0. The van der Waals surface area contributed by atoms with Crippen molar-refractivity contribution < 1.29 is 4.79 Å². The van der Waals surface area contributed by atoms with E-state index in [9.17, 15) is 4.79 Å². The van der Waals surface area contributed by atoms with Crippen molar-refractivity contribution in [2.75, 3.05) is 13.6 Å². The maximum absolute atomic E-state index is 12.1. The van der Waals surface area contributed by atoms with E-state index in [1.807, 2.05) is 11.9 Å². The molecule has 0 saturated heterocycles. The van der Waals surface area contributed by atoms with Gasteiger partial charge in [-0.3, -0.25) is 4.79 Å². The lowest BCUT2D eigenvalue weighted by Gasteiger charge is -2.22. The summed E-state index contributed by atoms with van der Waals surface area (Å²) in [6.07, 6.45) is 14.0. The fourth-order valence-corrected chi connectivity index (χ4v) is 2.84. The van der Waals surface area contributed by atoms with E-state index in [0.29, 0.717) is 5.92 Å². The number of likely N-dealkylation sites (N-methyl/N-ethyl adjacent to an activating group) is 1. The number of carbonyl (C=O) groups is 1. The molecule has 2 N–H and O–H groups in total. The zero-order valence-electron chi connectivity index (χ0n) is 15.6. The smallest absolute Gasteiger partial charge is 0.239 e. The van der Waals surface area contributed by atoms with Crippen LogP contribution in [-0.4, -0.2) is 30.4 Å². The molecule has 0 aromatic heterocycles. The number of rotatable bonds is 14. The fraction of sp³-hybridized carbons (Fsp3) is 0.947. The maximum atomic E-state index is 12.1. The molecule has 3 nitrogen and oxygen atoms in total. The van der Waals surface area contributed by atoms with Gasteiger partial charge in [0.05, 0.1) is 6.04 Å². The molecule has 22 heavy (non-hydrogen) atoms. The zero-order chi connectivity index (χ0) is 16.8. The Kier molecular flexibility index (Phi) is 13.7. The summed E-state index contributed by atoms with van der Waals surface area (Å²) >= 11 is 0. The summed E-state index contributed by atoms with van der Waals surface area (Å²) in [6, 6.07) is -0.326. The van der Waals surface area contributed by atoms with Gasteiger partial charge in [0.15, 0.2) is 0 Å². The van der Waals surface area contributed by atoms with Crippen LogP contribution in [0.25, 0.3) is 0 Å². The van der Waals surface area contributed by atoms with Crippen molar-refractivity contribution in [3.63, 3.8) is 0 Å². The van der Waals surface area contributed by atoms with E-state index in [1.54, 1.807) is 0 Å². The van der Waals surface area contributed by atoms with Crippen molar-refractivity contribution in [3.8, 4) is 0 Å². The molecule has 0 unspecified atom stereocenters. The van der Waals surface area contributed by atoms with Crippen LogP contribution in [0.2, 0.25) is 0 Å². The molecule has 0 aromatic carbocycles. The van der Waals surface area contributed by atoms with E-state index in [1.165, 1.54) is 57.8 Å². The molecule has 0 bridgehead atoms. The third-order valence-electron chi connectivity index (χ3n) is 4.27. The average molecular weight is 313 g/mol. The molecule has 1 amide bonds. The van der Waals surface area contributed by atoms with E-state index in [2.05, 4.69) is 20.8 Å². The summed E-state index contributed by atoms with van der Waals surface area (Å²) in [7, 11) is 1.89. The molecule has 0 heterocycles. The molecule has 0 rings (SSSR count). The molecule has 0 aliphatic rings. The quantitative estimate of drug-likeness (QED) is 0.471. The van der Waals surface area contributed by atoms with Crippen LogP contribution in [0, 0.1) is 5.92 Å². The molecule has 0 aromatic rings. The Morgan fingerprint density at radius 2 is 1.36 bits per heavy atom. The number of hydrogen-bond donors (Lipinski definition) is 1. The highest BCUT2D eigenvalue weighted by atomic mass is 16.2. The minimum Gasteiger partial charge on any atom is -0.344 e. The second kappa shape index (κ2) is 14.0. The maximum Gasteiger partial charge on any atom is 0.239 e. The van der Waals surface area contributed by atoms with Crippen molar-refractivity contribution in [1.29, 1.82) is 0 Å². The SMILES string of the molecule is CCCCCCCCCCCCN(C)C(=O)[C@@H](N)CC(C)C. The second-order valence-electron chi connectivity index (χ2n) is 7.18. The Morgan fingerprint density at radius 3 is 1.82 bits per heavy atom. The normalized spacial score (nSPS) is 12.6. The van der Waals surface area contributed by atoms with Crippen molar-refractivity contribution in [1.82, 2.24) is 4.90 Å². The zero-order valence-corrected chi connectivity index (χ0v) is 15.6. The van der Waals surface area contributed by atoms with Crippen LogP contribution in [0.1, 0.15) is 91.4 Å². The van der Waals surface area contributed by atoms with Gasteiger partial charge >= 0.3 is 0 Å². The van der Waals surface area contributed by atoms with Gasteiger partial charge in [0.1, 0.15) is 0 Å². The lowest BCUT2D eigenvalue weighted by molar-refractivity contribution is -0.131. The lowest BCUT2D eigenvalue weighted by atomic mass is 10.0. The Bertz CT molecular complexity index is 266. The van der Waals surface area contributed by atoms with Gasteiger partial charge in [-0.25, -0.2) is 0 Å². The fourth-order valence-electron chi connectivity index (χ4n) is 2.84. The number of hydrogen-bond acceptors (Lipinski definition) is 2. The van der Waals surface area contributed by atoms with Crippen LogP contribution in [0.5, 0.6) is 0 Å². The van der Waals surface area contributed by atoms with Crippen LogP contribution in [0.15, 0.2) is 0 Å². The largest absolute Gasteiger partial charge is 0.344 e. The molecule has 0 fully saturated rings. The Balaban J connectivity index is 3.48. The van der Waals surface area contributed by atoms with E-state index < -0.39 is 0 Å². The van der Waals surface area contributed by atoms with Crippen molar-refractivity contribution in [3.05, 3.63) is 0 Å². The van der Waals surface area contributed by atoms with Crippen LogP contribution >= 0.6 is 0 Å². The predicted molar refractivity (Wildman–Crippen MR) is 96.9 cm³/mol. The van der Waals surface area contributed by atoms with Crippen molar-refractivity contribution in [2.24, 2.45) is 11.7 Å². The number of unbranched alkanes of at least 4 members (excludes halogenated alkanes) is 9. The summed E-state index contributed by atoms with van der Waals surface area (Å²) in [5.74, 6) is 0.578. The van der Waals surface area contributed by atoms with Crippen LogP contribution in [0.3, 0.4) is 0 Å². The third-order valence-corrected chi connectivity index (χ3v) is 4.27. The summed E-state index contributed by atoms with van der Waals surface area (Å²) in [4.78, 5) is 13.9. The molecular weight excluding hydrogens is 272 g/mol. The van der Waals surface area contributed by atoms with Crippen molar-refractivity contribution in [2.45, 2.75) is 97.4 Å². The second-order valence-corrected chi connectivity index (χ2v) is 7.18. The van der Waals surface area contributed by atoms with Gasteiger partial charge in [-0.05, 0) is 18.8 Å². The van der Waals surface area contributed by atoms with Gasteiger partial charge in [-0.15, -0.1) is 0 Å². The van der Waals surface area contributed by atoms with Gasteiger partial charge in [0.25, 0.3) is 0 Å². The molecule has 0 aliphatic heterocycles. The Hall–Kier alpha value is -0.570. The van der Waals surface area contributed by atoms with E-state index >= 15 is 0 Å². The molecular formula is C19H40N2O. The van der Waals surface area contributed by atoms with E-state index in [0.717, 1.165) is 19.4 Å². The number of nitrogens with two attached hydrogens (primary N) is 1. The lowest BCUT2D eigenvalue weighted by Crippen LogP contribution is -2.42. The summed E-state index contributed by atoms with van der Waals surface area (Å²) in [5, 5.41) is 0. The topological polar surface area (TPSA) is 46.3 Å². The first kappa shape index (κ1) is 21.4. The van der Waals surface area contributed by atoms with Gasteiger partial charge < -0.3 is 10.6 Å². The van der Waals surface area contributed by atoms with Crippen LogP contribution in [0.4, 0.5) is 0 Å². The highest BCUT2D eigenvalue weighted by Gasteiger charge is 2.18. The Morgan fingerprint density at radius 1 is 0.909 bits per heavy atom. The first-order valence-corrected chi connectivity index (χ1v) is 9.49. The minimum atomic E-state index is -0.326. The first-order chi connectivity index (χ1) is 10.5. The van der Waals surface area contributed by atoms with Crippen LogP contribution in [-0.2, 0) is 4.79 Å². The molecule has 0 saturated carbocycles. The van der Waals surface area contributed by atoms with Crippen LogP contribution < -0.4 is 5.73 Å². The number of nitrogens with zero attached hydrogens (tertiary/aromatic N) is 1. The first-order valence-electron chi connectivity index (χ1n) is 9.49. The highest BCUT2D eigenvalue weighted by molar-refractivity contribution is 5.81. The van der Waals surface area contributed by atoms with Gasteiger partial charge in [-0.2, -0.15) is 0 Å². The van der Waals surface area contributed by atoms with Gasteiger partial charge in [0.2, 0.25) is 5.91 Å². The average Bonchev–Trinajstić information content (AvgIpc) is 2.47. The standard InChI is InChI=1S/C19H40N2O/c1-5-6-7-8-9-10-11-12-13-14-15-21(4)19(22)18(20)16-17(2)3/h17-18H,5-16,20H2,1-4H3/t18-/m0/s1. The highest BCUT2D eigenvalue weighted by Crippen LogP contribution is 2.11. The summed E-state index contributed by atoms with van der Waals surface area (Å²) < 4.78 is 0. The monoisotopic (exact) mass is 312 g/mol. The minimum absolute atomic E-state index is 0.102. The summed E-state index contributed by atoms with van der Waals surface area (Å²) in [5.41, 5.74) is 5.95. The molecule has 0 aliphatic carbocycles. The molecule has 0 spiro atoms. The Labute approximate surface area is 139 Å². The number of carbonyl (C=O) groups excluding carboxylic acids is 1. The molecule has 132 valence electrons. The number of amides is 1. The molecule has 1 atom stereocenters. The van der Waals surface area contributed by atoms with Crippen molar-refractivity contribution >= 4 is 5.91 Å². The van der Waals surface area contributed by atoms with Gasteiger partial charge in [-0.1, -0.05) is 78.6 Å². The van der Waals surface area contributed by atoms with E-state index in [-0.39, 0.29) is 11.9 Å². The predicted octanol–water partition coefficient (Wildman–Crippen LogP) is 4.74. The van der Waals surface area contributed by atoms with E-state index in [4.69, 9.17) is 5.73 Å². The van der Waals surface area contributed by atoms with Gasteiger partial charge in [0, 0.05) is 13.6 Å². The molecule has 3 heteroatoms. The molecule has 0 radical (unpaired) electrons. The summed E-state index contributed by atoms with van der Waals surface area (Å²) in [6.45, 7) is 7.32.